The van der Waals surface area contributed by atoms with Crippen molar-refractivity contribution in [1.82, 2.24) is 14.8 Å². The van der Waals surface area contributed by atoms with Gasteiger partial charge in [0.05, 0.1) is 24.2 Å². The minimum absolute atomic E-state index is 0.228. The number of hydrogen-bond acceptors (Lipinski definition) is 4. The SMILES string of the molecule is COc1cc(-n2nc(C)c(C(=O)O)c2C)ccn1. The Hall–Kier alpha value is -2.37. The van der Waals surface area contributed by atoms with E-state index in [2.05, 4.69) is 10.1 Å². The van der Waals surface area contributed by atoms with E-state index in [1.165, 1.54) is 7.11 Å². The molecule has 0 saturated heterocycles. The van der Waals surface area contributed by atoms with Gasteiger partial charge in [-0.25, -0.2) is 14.5 Å². The van der Waals surface area contributed by atoms with E-state index in [0.717, 1.165) is 5.69 Å². The Morgan fingerprint density at radius 3 is 2.72 bits per heavy atom. The van der Waals surface area contributed by atoms with Crippen LogP contribution in [-0.4, -0.2) is 33.0 Å². The lowest BCUT2D eigenvalue weighted by atomic mass is 10.2. The maximum atomic E-state index is 11.1. The van der Waals surface area contributed by atoms with Gasteiger partial charge in [-0.15, -0.1) is 0 Å². The molecule has 0 aliphatic rings. The molecule has 2 aromatic heterocycles. The normalized spacial score (nSPS) is 10.4. The average molecular weight is 247 g/mol. The lowest BCUT2D eigenvalue weighted by Gasteiger charge is -2.05. The van der Waals surface area contributed by atoms with Crippen molar-refractivity contribution in [3.63, 3.8) is 0 Å². The van der Waals surface area contributed by atoms with Crippen LogP contribution < -0.4 is 4.74 Å². The van der Waals surface area contributed by atoms with Crippen LogP contribution in [0.3, 0.4) is 0 Å². The molecule has 0 aromatic carbocycles. The Morgan fingerprint density at radius 1 is 1.44 bits per heavy atom. The maximum Gasteiger partial charge on any atom is 0.339 e. The molecular weight excluding hydrogens is 234 g/mol. The van der Waals surface area contributed by atoms with Crippen molar-refractivity contribution in [3.8, 4) is 11.6 Å². The number of aromatic carboxylic acids is 1. The number of pyridine rings is 1. The summed E-state index contributed by atoms with van der Waals surface area (Å²) in [6.07, 6.45) is 1.59. The van der Waals surface area contributed by atoms with E-state index in [4.69, 9.17) is 9.84 Å². The van der Waals surface area contributed by atoms with Crippen molar-refractivity contribution in [2.24, 2.45) is 0 Å². The van der Waals surface area contributed by atoms with E-state index in [1.54, 1.807) is 36.9 Å². The van der Waals surface area contributed by atoms with Crippen LogP contribution in [0.15, 0.2) is 18.3 Å². The highest BCUT2D eigenvalue weighted by Gasteiger charge is 2.18. The van der Waals surface area contributed by atoms with Crippen LogP contribution in [0.4, 0.5) is 0 Å². The Labute approximate surface area is 104 Å². The lowest BCUT2D eigenvalue weighted by molar-refractivity contribution is 0.0695. The van der Waals surface area contributed by atoms with Crippen molar-refractivity contribution in [3.05, 3.63) is 35.3 Å². The zero-order valence-corrected chi connectivity index (χ0v) is 10.3. The number of rotatable bonds is 3. The first kappa shape index (κ1) is 12.1. The summed E-state index contributed by atoms with van der Waals surface area (Å²) >= 11 is 0. The van der Waals surface area contributed by atoms with Gasteiger partial charge in [-0.05, 0) is 19.9 Å². The molecule has 1 N–H and O–H groups in total. The zero-order valence-electron chi connectivity index (χ0n) is 10.3. The summed E-state index contributed by atoms with van der Waals surface area (Å²) in [4.78, 5) is 15.1. The van der Waals surface area contributed by atoms with Crippen LogP contribution in [0, 0.1) is 13.8 Å². The van der Waals surface area contributed by atoms with Gasteiger partial charge in [0.1, 0.15) is 5.56 Å². The fourth-order valence-electron chi connectivity index (χ4n) is 1.85. The summed E-state index contributed by atoms with van der Waals surface area (Å²) in [6, 6.07) is 3.44. The highest BCUT2D eigenvalue weighted by atomic mass is 16.5. The molecule has 0 fully saturated rings. The average Bonchev–Trinajstić information content (AvgIpc) is 2.65. The number of nitrogens with zero attached hydrogens (tertiary/aromatic N) is 3. The standard InChI is InChI=1S/C12H13N3O3/c1-7-11(12(16)17)8(2)15(14-7)9-4-5-13-10(6-9)18-3/h4-6H,1-3H3,(H,16,17). The first-order chi connectivity index (χ1) is 8.54. The number of methoxy groups -OCH3 is 1. The highest BCUT2D eigenvalue weighted by Crippen LogP contribution is 2.19. The highest BCUT2D eigenvalue weighted by molar-refractivity contribution is 5.90. The lowest BCUT2D eigenvalue weighted by Crippen LogP contribution is -2.03. The molecule has 6 nitrogen and oxygen atoms in total. The molecule has 6 heteroatoms. The van der Waals surface area contributed by atoms with Gasteiger partial charge < -0.3 is 9.84 Å². The fourth-order valence-corrected chi connectivity index (χ4v) is 1.85. The molecular formula is C12H13N3O3. The molecule has 0 unspecified atom stereocenters. The number of aromatic nitrogens is 3. The molecule has 0 saturated carbocycles. The Balaban J connectivity index is 2.57. The third-order valence-corrected chi connectivity index (χ3v) is 2.68. The van der Waals surface area contributed by atoms with Crippen LogP contribution in [0.1, 0.15) is 21.7 Å². The molecule has 94 valence electrons. The van der Waals surface area contributed by atoms with Crippen molar-refractivity contribution < 1.29 is 14.6 Å². The third-order valence-electron chi connectivity index (χ3n) is 2.68. The van der Waals surface area contributed by atoms with Crippen molar-refractivity contribution in [1.29, 1.82) is 0 Å². The van der Waals surface area contributed by atoms with Crippen molar-refractivity contribution in [2.45, 2.75) is 13.8 Å². The number of ether oxygens (including phenoxy) is 1. The van der Waals surface area contributed by atoms with E-state index >= 15 is 0 Å². The van der Waals surface area contributed by atoms with Gasteiger partial charge in [0.15, 0.2) is 0 Å². The van der Waals surface area contributed by atoms with E-state index in [9.17, 15) is 4.79 Å². The van der Waals surface area contributed by atoms with Crippen LogP contribution >= 0.6 is 0 Å². The van der Waals surface area contributed by atoms with Crippen LogP contribution in [-0.2, 0) is 0 Å². The van der Waals surface area contributed by atoms with Gasteiger partial charge in [0.2, 0.25) is 5.88 Å². The summed E-state index contributed by atoms with van der Waals surface area (Å²) in [5.41, 5.74) is 2.00. The molecule has 0 amide bonds. The molecule has 2 heterocycles. The smallest absolute Gasteiger partial charge is 0.339 e. The monoisotopic (exact) mass is 247 g/mol. The van der Waals surface area contributed by atoms with Crippen LogP contribution in [0.5, 0.6) is 5.88 Å². The molecule has 0 aliphatic heterocycles. The van der Waals surface area contributed by atoms with E-state index in [0.29, 0.717) is 17.3 Å². The number of carbonyl (C=O) groups is 1. The summed E-state index contributed by atoms with van der Waals surface area (Å²) in [7, 11) is 1.52. The topological polar surface area (TPSA) is 77.2 Å². The molecule has 0 radical (unpaired) electrons. The number of carboxylic acid groups (broad SMARTS) is 1. The van der Waals surface area contributed by atoms with Gasteiger partial charge in [0, 0.05) is 12.3 Å². The van der Waals surface area contributed by atoms with Gasteiger partial charge in [0.25, 0.3) is 0 Å². The number of hydrogen-bond donors (Lipinski definition) is 1. The minimum atomic E-state index is -0.975. The zero-order chi connectivity index (χ0) is 13.3. The second-order valence-electron chi connectivity index (χ2n) is 3.82. The third kappa shape index (κ3) is 1.92. The van der Waals surface area contributed by atoms with Crippen LogP contribution in [0.25, 0.3) is 5.69 Å². The number of carboxylic acids is 1. The molecule has 18 heavy (non-hydrogen) atoms. The Kier molecular flexibility index (Phi) is 3.01. The van der Waals surface area contributed by atoms with Gasteiger partial charge in [-0.3, -0.25) is 0 Å². The van der Waals surface area contributed by atoms with E-state index < -0.39 is 5.97 Å². The van der Waals surface area contributed by atoms with Gasteiger partial charge in [-0.1, -0.05) is 0 Å². The summed E-state index contributed by atoms with van der Waals surface area (Å²) in [5.74, 6) is -0.519. The second kappa shape index (κ2) is 4.48. The van der Waals surface area contributed by atoms with Crippen molar-refractivity contribution in [2.75, 3.05) is 7.11 Å². The predicted octanol–water partition coefficient (Wildman–Crippen LogP) is 1.59. The molecule has 2 aromatic rings. The first-order valence-electron chi connectivity index (χ1n) is 5.34. The van der Waals surface area contributed by atoms with Crippen molar-refractivity contribution >= 4 is 5.97 Å². The minimum Gasteiger partial charge on any atom is -0.481 e. The second-order valence-corrected chi connectivity index (χ2v) is 3.82. The quantitative estimate of drug-likeness (QED) is 0.891. The molecule has 2 rings (SSSR count). The molecule has 0 aliphatic carbocycles. The van der Waals surface area contributed by atoms with Gasteiger partial charge >= 0.3 is 5.97 Å². The summed E-state index contributed by atoms with van der Waals surface area (Å²) in [6.45, 7) is 3.39. The predicted molar refractivity (Wildman–Crippen MR) is 64.3 cm³/mol. The first-order valence-corrected chi connectivity index (χ1v) is 5.34. The molecule has 0 bridgehead atoms. The summed E-state index contributed by atoms with van der Waals surface area (Å²) in [5, 5.41) is 13.3. The molecule has 0 atom stereocenters. The molecule has 0 spiro atoms. The van der Waals surface area contributed by atoms with Crippen LogP contribution in [0.2, 0.25) is 0 Å². The van der Waals surface area contributed by atoms with E-state index in [1.807, 2.05) is 0 Å². The summed E-state index contributed by atoms with van der Waals surface area (Å²) < 4.78 is 6.60. The Bertz CT molecular complexity index is 605. The maximum absolute atomic E-state index is 11.1. The number of aryl methyl sites for hydroxylation is 1. The van der Waals surface area contributed by atoms with E-state index in [-0.39, 0.29) is 5.56 Å². The largest absolute Gasteiger partial charge is 0.481 e. The Morgan fingerprint density at radius 2 is 2.17 bits per heavy atom. The fraction of sp³-hybridized carbons (Fsp3) is 0.250. The van der Waals surface area contributed by atoms with Gasteiger partial charge in [-0.2, -0.15) is 5.10 Å².